The van der Waals surface area contributed by atoms with Crippen molar-refractivity contribution < 1.29 is 9.21 Å². The van der Waals surface area contributed by atoms with E-state index < -0.39 is 0 Å². The Morgan fingerprint density at radius 2 is 2.08 bits per heavy atom. The predicted molar refractivity (Wildman–Crippen MR) is 91.9 cm³/mol. The van der Waals surface area contributed by atoms with Gasteiger partial charge in [-0.1, -0.05) is 31.4 Å². The molecule has 2 fully saturated rings. The molecule has 0 atom stereocenters. The number of carbonyl (C=O) groups excluding carboxylic acids is 1. The average molecular weight is 335 g/mol. The topological polar surface area (TPSA) is 78.9 Å². The normalized spacial score (nSPS) is 19.2. The minimum absolute atomic E-state index is 0.203. The highest BCUT2D eigenvalue weighted by atomic mass is 16.3. The molecule has 2 saturated carbocycles. The molecule has 128 valence electrons. The summed E-state index contributed by atoms with van der Waals surface area (Å²) in [6.45, 7) is 0. The van der Waals surface area contributed by atoms with Crippen molar-refractivity contribution >= 4 is 5.91 Å². The molecule has 2 aromatic rings. The molecule has 0 saturated heterocycles. The van der Waals surface area contributed by atoms with Gasteiger partial charge in [-0.3, -0.25) is 4.79 Å². The molecule has 0 radical (unpaired) electrons. The minimum Gasteiger partial charge on any atom is -0.448 e. The van der Waals surface area contributed by atoms with Crippen molar-refractivity contribution in [3.63, 3.8) is 0 Å². The van der Waals surface area contributed by atoms with Crippen LogP contribution in [0.4, 0.5) is 0 Å². The number of hydrogen-bond acceptors (Lipinski definition) is 4. The molecular weight excluding hydrogens is 314 g/mol. The van der Waals surface area contributed by atoms with E-state index in [2.05, 4.69) is 16.4 Å². The van der Waals surface area contributed by atoms with Crippen molar-refractivity contribution in [1.82, 2.24) is 10.3 Å². The van der Waals surface area contributed by atoms with Crippen molar-refractivity contribution in [3.8, 4) is 6.07 Å². The molecule has 2 aliphatic carbocycles. The molecule has 1 amide bonds. The lowest BCUT2D eigenvalue weighted by atomic mass is 9.89. The molecule has 5 nitrogen and oxygen atoms in total. The maximum Gasteiger partial charge on any atom is 0.273 e. The number of nitrogens with one attached hydrogen (secondary N) is 1. The van der Waals surface area contributed by atoms with Crippen LogP contribution >= 0.6 is 0 Å². The summed E-state index contributed by atoms with van der Waals surface area (Å²) in [7, 11) is 0. The fraction of sp³-hybridized carbons (Fsp3) is 0.450. The first kappa shape index (κ1) is 15.9. The van der Waals surface area contributed by atoms with E-state index in [4.69, 9.17) is 9.68 Å². The highest BCUT2D eigenvalue weighted by Gasteiger charge is 2.46. The number of oxazole rings is 1. The van der Waals surface area contributed by atoms with E-state index in [1.807, 2.05) is 18.2 Å². The molecule has 0 spiro atoms. The average Bonchev–Trinajstić information content (AvgIpc) is 3.27. The molecule has 2 aliphatic rings. The zero-order valence-corrected chi connectivity index (χ0v) is 14.1. The van der Waals surface area contributed by atoms with Crippen molar-refractivity contribution in [2.75, 3.05) is 0 Å². The van der Waals surface area contributed by atoms with Gasteiger partial charge in [0.05, 0.1) is 17.2 Å². The van der Waals surface area contributed by atoms with Gasteiger partial charge in [0.15, 0.2) is 11.6 Å². The predicted octanol–water partition coefficient (Wildman–Crippen LogP) is 4.01. The summed E-state index contributed by atoms with van der Waals surface area (Å²) in [5, 5.41) is 12.2. The van der Waals surface area contributed by atoms with Gasteiger partial charge >= 0.3 is 0 Å². The van der Waals surface area contributed by atoms with Gasteiger partial charge in [-0.25, -0.2) is 4.98 Å². The van der Waals surface area contributed by atoms with Gasteiger partial charge in [-0.15, -0.1) is 0 Å². The third-order valence-electron chi connectivity index (χ3n) is 5.36. The van der Waals surface area contributed by atoms with Gasteiger partial charge < -0.3 is 9.73 Å². The van der Waals surface area contributed by atoms with Crippen LogP contribution in [-0.2, 0) is 5.54 Å². The summed E-state index contributed by atoms with van der Waals surface area (Å²) in [6, 6.07) is 9.60. The van der Waals surface area contributed by atoms with Gasteiger partial charge in [0.25, 0.3) is 5.91 Å². The number of nitrogens with zero attached hydrogens (tertiary/aromatic N) is 2. The van der Waals surface area contributed by atoms with Crippen molar-refractivity contribution in [2.45, 2.75) is 56.4 Å². The standard InChI is InChI=1S/C20H21N3O2/c21-12-14-5-4-8-16(11-14)20(9-10-20)23-18(24)17-13-25-19(22-17)15-6-2-1-3-7-15/h4-5,8,11,13,15H,1-3,6-7,9-10H2,(H,23,24). The quantitative estimate of drug-likeness (QED) is 0.915. The molecule has 0 unspecified atom stereocenters. The number of carbonyl (C=O) groups is 1. The summed E-state index contributed by atoms with van der Waals surface area (Å²) < 4.78 is 5.59. The Morgan fingerprint density at radius 1 is 1.28 bits per heavy atom. The van der Waals surface area contributed by atoms with E-state index in [1.54, 1.807) is 6.07 Å². The number of benzene rings is 1. The fourth-order valence-corrected chi connectivity index (χ4v) is 3.71. The van der Waals surface area contributed by atoms with Crippen LogP contribution in [0.5, 0.6) is 0 Å². The summed E-state index contributed by atoms with van der Waals surface area (Å²) in [5.74, 6) is 0.837. The van der Waals surface area contributed by atoms with Crippen LogP contribution in [0.15, 0.2) is 34.9 Å². The van der Waals surface area contributed by atoms with E-state index in [9.17, 15) is 4.79 Å². The van der Waals surface area contributed by atoms with Crippen LogP contribution < -0.4 is 5.32 Å². The maximum atomic E-state index is 12.6. The second-order valence-electron chi connectivity index (χ2n) is 7.13. The number of aromatic nitrogens is 1. The zero-order valence-electron chi connectivity index (χ0n) is 14.1. The molecule has 1 aromatic carbocycles. The van der Waals surface area contributed by atoms with Crippen LogP contribution in [-0.4, -0.2) is 10.9 Å². The molecule has 0 aliphatic heterocycles. The van der Waals surface area contributed by atoms with Gasteiger partial charge in [0.2, 0.25) is 0 Å². The third kappa shape index (κ3) is 3.17. The largest absolute Gasteiger partial charge is 0.448 e. The molecule has 1 aromatic heterocycles. The highest BCUT2D eigenvalue weighted by molar-refractivity contribution is 5.92. The van der Waals surface area contributed by atoms with E-state index in [0.29, 0.717) is 23.1 Å². The summed E-state index contributed by atoms with van der Waals surface area (Å²) >= 11 is 0. The molecular formula is C20H21N3O2. The van der Waals surface area contributed by atoms with Crippen LogP contribution in [0.3, 0.4) is 0 Å². The first-order valence-corrected chi connectivity index (χ1v) is 8.99. The van der Waals surface area contributed by atoms with Crippen molar-refractivity contribution in [2.24, 2.45) is 0 Å². The van der Waals surface area contributed by atoms with E-state index in [0.717, 1.165) is 31.2 Å². The molecule has 4 rings (SSSR count). The Labute approximate surface area is 147 Å². The molecule has 25 heavy (non-hydrogen) atoms. The highest BCUT2D eigenvalue weighted by Crippen LogP contribution is 2.45. The van der Waals surface area contributed by atoms with Crippen LogP contribution in [0.2, 0.25) is 0 Å². The Bertz CT molecular complexity index is 823. The van der Waals surface area contributed by atoms with Crippen molar-refractivity contribution in [3.05, 3.63) is 53.2 Å². The first-order valence-electron chi connectivity index (χ1n) is 8.99. The summed E-state index contributed by atoms with van der Waals surface area (Å²) in [4.78, 5) is 17.1. The SMILES string of the molecule is N#Cc1cccc(C2(NC(=O)c3coc(C4CCCCC4)n3)CC2)c1. The van der Waals surface area contributed by atoms with Crippen LogP contribution in [0.1, 0.15) is 78.4 Å². The van der Waals surface area contributed by atoms with Crippen LogP contribution in [0, 0.1) is 11.3 Å². The summed E-state index contributed by atoms with van der Waals surface area (Å²) in [6.07, 6.45) is 9.08. The van der Waals surface area contributed by atoms with Gasteiger partial charge in [-0.05, 0) is 43.4 Å². The van der Waals surface area contributed by atoms with E-state index in [-0.39, 0.29) is 11.4 Å². The maximum absolute atomic E-state index is 12.6. The molecule has 0 bridgehead atoms. The lowest BCUT2D eigenvalue weighted by Crippen LogP contribution is -2.35. The number of nitriles is 1. The number of hydrogen-bond donors (Lipinski definition) is 1. The molecule has 1 N–H and O–H groups in total. The lowest BCUT2D eigenvalue weighted by molar-refractivity contribution is 0.0925. The first-order chi connectivity index (χ1) is 12.2. The summed E-state index contributed by atoms with van der Waals surface area (Å²) in [5.41, 5.74) is 1.58. The van der Waals surface area contributed by atoms with E-state index in [1.165, 1.54) is 25.5 Å². The Hall–Kier alpha value is -2.61. The minimum atomic E-state index is -0.367. The van der Waals surface area contributed by atoms with E-state index >= 15 is 0 Å². The Morgan fingerprint density at radius 3 is 2.80 bits per heavy atom. The molecule has 1 heterocycles. The van der Waals surface area contributed by atoms with Gasteiger partial charge in [0, 0.05) is 5.92 Å². The monoisotopic (exact) mass is 335 g/mol. The van der Waals surface area contributed by atoms with Crippen molar-refractivity contribution in [1.29, 1.82) is 5.26 Å². The second-order valence-corrected chi connectivity index (χ2v) is 7.13. The zero-order chi connectivity index (χ0) is 17.3. The number of rotatable bonds is 4. The van der Waals surface area contributed by atoms with Gasteiger partial charge in [-0.2, -0.15) is 5.26 Å². The Kier molecular flexibility index (Phi) is 4.04. The smallest absolute Gasteiger partial charge is 0.273 e. The second kappa shape index (κ2) is 6.36. The fourth-order valence-electron chi connectivity index (χ4n) is 3.71. The number of amides is 1. The third-order valence-corrected chi connectivity index (χ3v) is 5.36. The Balaban J connectivity index is 1.48. The van der Waals surface area contributed by atoms with Crippen LogP contribution in [0.25, 0.3) is 0 Å². The molecule has 5 heteroatoms. The lowest BCUT2D eigenvalue weighted by Gasteiger charge is -2.18. The van der Waals surface area contributed by atoms with Gasteiger partial charge in [0.1, 0.15) is 6.26 Å².